The quantitative estimate of drug-likeness (QED) is 0.694. The lowest BCUT2D eigenvalue weighted by atomic mass is 9.54. The molecule has 2 rings (SSSR count). The lowest BCUT2D eigenvalue weighted by Crippen LogP contribution is -2.76. The van der Waals surface area contributed by atoms with E-state index in [-0.39, 0.29) is 17.9 Å². The average molecular weight is 347 g/mol. The van der Waals surface area contributed by atoms with Crippen LogP contribution < -0.4 is 16.4 Å². The molecule has 6 heteroatoms. The number of nitrogens with one attached hydrogen (secondary N) is 2. The fourth-order valence-corrected chi connectivity index (χ4v) is 3.15. The van der Waals surface area contributed by atoms with Crippen LogP contribution in [0.1, 0.15) is 39.7 Å². The van der Waals surface area contributed by atoms with Crippen LogP contribution in [0.5, 0.6) is 0 Å². The van der Waals surface area contributed by atoms with Crippen LogP contribution in [0.4, 0.5) is 0 Å². The van der Waals surface area contributed by atoms with Crippen molar-refractivity contribution in [2.75, 3.05) is 6.61 Å². The van der Waals surface area contributed by atoms with Crippen LogP contribution in [0.3, 0.4) is 0 Å². The summed E-state index contributed by atoms with van der Waals surface area (Å²) in [6, 6.07) is 8.96. The molecule has 1 aromatic carbocycles. The van der Waals surface area contributed by atoms with Crippen LogP contribution in [-0.2, 0) is 20.9 Å². The molecule has 4 N–H and O–H groups in total. The monoisotopic (exact) mass is 347 g/mol. The molecular formula is C19H29N3O3. The van der Waals surface area contributed by atoms with Crippen molar-refractivity contribution < 1.29 is 14.3 Å². The molecule has 0 radical (unpaired) electrons. The SMILES string of the molecule is CCOC1CC(N)(C(=O)NC(C)C(=O)NCc2ccccc2)C1(C)C. The summed E-state index contributed by atoms with van der Waals surface area (Å²) in [5.41, 5.74) is 5.83. The third-order valence-electron chi connectivity index (χ3n) is 5.29. The van der Waals surface area contributed by atoms with Crippen molar-refractivity contribution in [2.45, 2.75) is 58.3 Å². The van der Waals surface area contributed by atoms with Gasteiger partial charge in [0.15, 0.2) is 0 Å². The Hall–Kier alpha value is -1.92. The number of hydrogen-bond acceptors (Lipinski definition) is 4. The first-order valence-corrected chi connectivity index (χ1v) is 8.75. The first-order valence-electron chi connectivity index (χ1n) is 8.75. The molecule has 1 aliphatic carbocycles. The van der Waals surface area contributed by atoms with Crippen molar-refractivity contribution in [3.8, 4) is 0 Å². The van der Waals surface area contributed by atoms with Gasteiger partial charge in [-0.15, -0.1) is 0 Å². The molecule has 1 aliphatic rings. The van der Waals surface area contributed by atoms with Gasteiger partial charge in [0.25, 0.3) is 0 Å². The van der Waals surface area contributed by atoms with Gasteiger partial charge in [-0.05, 0) is 19.4 Å². The lowest BCUT2D eigenvalue weighted by Gasteiger charge is -2.57. The molecular weight excluding hydrogens is 318 g/mol. The van der Waals surface area contributed by atoms with Crippen LogP contribution >= 0.6 is 0 Å². The standard InChI is InChI=1S/C19H29N3O3/c1-5-25-15-11-19(20,18(15,3)4)17(24)22-13(2)16(23)21-12-14-9-7-6-8-10-14/h6-10,13,15H,5,11-12,20H2,1-4H3,(H,21,23)(H,22,24). The van der Waals surface area contributed by atoms with Gasteiger partial charge in [0.2, 0.25) is 11.8 Å². The molecule has 2 amide bonds. The summed E-state index contributed by atoms with van der Waals surface area (Å²) in [4.78, 5) is 24.9. The number of amides is 2. The Bertz CT molecular complexity index is 618. The maximum absolute atomic E-state index is 12.6. The molecule has 3 unspecified atom stereocenters. The van der Waals surface area contributed by atoms with E-state index in [4.69, 9.17) is 10.5 Å². The summed E-state index contributed by atoms with van der Waals surface area (Å²) in [5, 5.41) is 5.57. The second kappa shape index (κ2) is 7.54. The van der Waals surface area contributed by atoms with Gasteiger partial charge < -0.3 is 21.1 Å². The summed E-state index contributed by atoms with van der Waals surface area (Å²) in [6.45, 7) is 8.45. The van der Waals surface area contributed by atoms with Gasteiger partial charge in [-0.3, -0.25) is 9.59 Å². The Kier molecular flexibility index (Phi) is 5.85. The predicted octanol–water partition coefficient (Wildman–Crippen LogP) is 1.34. The molecule has 1 saturated carbocycles. The average Bonchev–Trinajstić information content (AvgIpc) is 2.59. The van der Waals surface area contributed by atoms with E-state index in [0.29, 0.717) is 19.6 Å². The van der Waals surface area contributed by atoms with Crippen LogP contribution in [-0.4, -0.2) is 36.1 Å². The minimum atomic E-state index is -1.03. The van der Waals surface area contributed by atoms with Crippen molar-refractivity contribution in [3.63, 3.8) is 0 Å². The minimum Gasteiger partial charge on any atom is -0.378 e. The summed E-state index contributed by atoms with van der Waals surface area (Å²) in [7, 11) is 0. The van der Waals surface area contributed by atoms with E-state index in [1.807, 2.05) is 51.1 Å². The maximum atomic E-state index is 12.6. The van der Waals surface area contributed by atoms with E-state index in [0.717, 1.165) is 5.56 Å². The van der Waals surface area contributed by atoms with Gasteiger partial charge in [0, 0.05) is 25.0 Å². The Morgan fingerprint density at radius 2 is 1.96 bits per heavy atom. The van der Waals surface area contributed by atoms with Gasteiger partial charge in [-0.1, -0.05) is 44.2 Å². The highest BCUT2D eigenvalue weighted by Crippen LogP contribution is 2.49. The molecule has 3 atom stereocenters. The summed E-state index contributed by atoms with van der Waals surface area (Å²) in [6.07, 6.45) is 0.411. The Labute approximate surface area is 149 Å². The second-order valence-electron chi connectivity index (χ2n) is 7.24. The molecule has 0 heterocycles. The zero-order valence-electron chi connectivity index (χ0n) is 15.5. The van der Waals surface area contributed by atoms with E-state index in [1.54, 1.807) is 6.92 Å². The van der Waals surface area contributed by atoms with E-state index in [9.17, 15) is 9.59 Å². The number of hydrogen-bond donors (Lipinski definition) is 3. The molecule has 0 aromatic heterocycles. The largest absolute Gasteiger partial charge is 0.378 e. The van der Waals surface area contributed by atoms with Crippen molar-refractivity contribution in [2.24, 2.45) is 11.1 Å². The Morgan fingerprint density at radius 3 is 2.52 bits per heavy atom. The van der Waals surface area contributed by atoms with Crippen molar-refractivity contribution in [1.82, 2.24) is 10.6 Å². The zero-order chi connectivity index (χ0) is 18.7. The summed E-state index contributed by atoms with van der Waals surface area (Å²) < 4.78 is 5.64. The van der Waals surface area contributed by atoms with Crippen molar-refractivity contribution >= 4 is 11.8 Å². The van der Waals surface area contributed by atoms with Crippen molar-refractivity contribution in [1.29, 1.82) is 0 Å². The molecule has 6 nitrogen and oxygen atoms in total. The fraction of sp³-hybridized carbons (Fsp3) is 0.579. The molecule has 1 fully saturated rings. The molecule has 138 valence electrons. The van der Waals surface area contributed by atoms with Gasteiger partial charge in [0.1, 0.15) is 11.6 Å². The summed E-state index contributed by atoms with van der Waals surface area (Å²) >= 11 is 0. The fourth-order valence-electron chi connectivity index (χ4n) is 3.15. The first kappa shape index (κ1) is 19.4. The molecule has 0 spiro atoms. The first-order chi connectivity index (χ1) is 11.7. The molecule has 0 aliphatic heterocycles. The minimum absolute atomic E-state index is 0.0459. The molecule has 1 aromatic rings. The van der Waals surface area contributed by atoms with Crippen LogP contribution in [0.25, 0.3) is 0 Å². The number of benzene rings is 1. The second-order valence-corrected chi connectivity index (χ2v) is 7.24. The topological polar surface area (TPSA) is 93.4 Å². The van der Waals surface area contributed by atoms with Gasteiger partial charge in [-0.2, -0.15) is 0 Å². The van der Waals surface area contributed by atoms with Crippen LogP contribution in [0, 0.1) is 5.41 Å². The third-order valence-corrected chi connectivity index (χ3v) is 5.29. The highest BCUT2D eigenvalue weighted by atomic mass is 16.5. The van der Waals surface area contributed by atoms with Gasteiger partial charge >= 0.3 is 0 Å². The number of carbonyl (C=O) groups is 2. The molecule has 25 heavy (non-hydrogen) atoms. The Balaban J connectivity index is 1.88. The molecule has 0 saturated heterocycles. The maximum Gasteiger partial charge on any atom is 0.242 e. The highest BCUT2D eigenvalue weighted by Gasteiger charge is 2.63. The van der Waals surface area contributed by atoms with Crippen LogP contribution in [0.2, 0.25) is 0 Å². The molecule has 0 bridgehead atoms. The van der Waals surface area contributed by atoms with Crippen LogP contribution in [0.15, 0.2) is 30.3 Å². The highest BCUT2D eigenvalue weighted by molar-refractivity contribution is 5.93. The Morgan fingerprint density at radius 1 is 1.32 bits per heavy atom. The van der Waals surface area contributed by atoms with Crippen molar-refractivity contribution in [3.05, 3.63) is 35.9 Å². The number of rotatable bonds is 7. The number of nitrogens with two attached hydrogens (primary N) is 1. The van der Waals surface area contributed by atoms with E-state index in [1.165, 1.54) is 0 Å². The summed E-state index contributed by atoms with van der Waals surface area (Å²) in [5.74, 6) is -0.546. The number of ether oxygens (including phenoxy) is 1. The normalized spacial score (nSPS) is 25.6. The zero-order valence-corrected chi connectivity index (χ0v) is 15.5. The number of carbonyl (C=O) groups excluding carboxylic acids is 2. The van der Waals surface area contributed by atoms with E-state index < -0.39 is 17.0 Å². The predicted molar refractivity (Wildman–Crippen MR) is 96.6 cm³/mol. The van der Waals surface area contributed by atoms with Gasteiger partial charge in [-0.25, -0.2) is 0 Å². The smallest absolute Gasteiger partial charge is 0.242 e. The van der Waals surface area contributed by atoms with E-state index in [2.05, 4.69) is 10.6 Å². The third kappa shape index (κ3) is 3.85. The van der Waals surface area contributed by atoms with E-state index >= 15 is 0 Å². The lowest BCUT2D eigenvalue weighted by molar-refractivity contribution is -0.171. The van der Waals surface area contributed by atoms with Gasteiger partial charge in [0.05, 0.1) is 6.10 Å².